The second-order valence-electron chi connectivity index (χ2n) is 3.04. The van der Waals surface area contributed by atoms with E-state index in [1.54, 1.807) is 18.4 Å². The van der Waals surface area contributed by atoms with Gasteiger partial charge in [-0.2, -0.15) is 0 Å². The van der Waals surface area contributed by atoms with Crippen molar-refractivity contribution in [2.24, 2.45) is 0 Å². The molecule has 4 heteroatoms. The maximum absolute atomic E-state index is 12.1. The number of ketones is 1. The van der Waals surface area contributed by atoms with Crippen LogP contribution in [0.25, 0.3) is 0 Å². The summed E-state index contributed by atoms with van der Waals surface area (Å²) < 4.78 is 5.14. The molecule has 2 aromatic heterocycles. The molecule has 15 heavy (non-hydrogen) atoms. The lowest BCUT2D eigenvalue weighted by molar-refractivity contribution is 0.104. The molecule has 0 radical (unpaired) electrons. The smallest absolute Gasteiger partial charge is 0.207 e. The Kier molecular flexibility index (Phi) is 2.88. The quantitative estimate of drug-likeness (QED) is 0.766. The zero-order valence-corrected chi connectivity index (χ0v) is 10.1. The Hall–Kier alpha value is -1.13. The molecular weight excluding hydrogens is 228 g/mol. The first kappa shape index (κ1) is 10.4. The Balaban J connectivity index is 2.41. The number of hydrogen-bond donors (Lipinski definition) is 0. The third-order valence-electron chi connectivity index (χ3n) is 2.16. The number of aryl methyl sites for hydroxylation is 1. The van der Waals surface area contributed by atoms with Gasteiger partial charge in [0.25, 0.3) is 0 Å². The highest BCUT2D eigenvalue weighted by Gasteiger charge is 2.18. The summed E-state index contributed by atoms with van der Waals surface area (Å²) in [5.41, 5.74) is 0.778. The average Bonchev–Trinajstić information content (AvgIpc) is 2.84. The number of carbonyl (C=O) groups is 1. The molecule has 0 fully saturated rings. The summed E-state index contributed by atoms with van der Waals surface area (Å²) in [5, 5.41) is 3.80. The average molecular weight is 238 g/mol. The summed E-state index contributed by atoms with van der Waals surface area (Å²) >= 11 is 3.01. The van der Waals surface area contributed by atoms with E-state index in [4.69, 9.17) is 4.74 Å². The van der Waals surface area contributed by atoms with Gasteiger partial charge in [-0.3, -0.25) is 4.79 Å². The minimum atomic E-state index is 0.0561. The molecule has 2 aromatic rings. The second-order valence-corrected chi connectivity index (χ2v) is 5.07. The fraction of sp³-hybridized carbons (Fsp3) is 0.182. The van der Waals surface area contributed by atoms with Gasteiger partial charge in [-0.25, -0.2) is 0 Å². The van der Waals surface area contributed by atoms with E-state index < -0.39 is 0 Å². The van der Waals surface area contributed by atoms with E-state index in [2.05, 4.69) is 0 Å². The molecule has 78 valence electrons. The molecule has 0 N–H and O–H groups in total. The van der Waals surface area contributed by atoms with Crippen LogP contribution in [-0.4, -0.2) is 12.9 Å². The molecular formula is C11H10O2S2. The van der Waals surface area contributed by atoms with Gasteiger partial charge in [0.1, 0.15) is 10.6 Å². The Morgan fingerprint density at radius 3 is 2.60 bits per heavy atom. The maximum atomic E-state index is 12.1. The van der Waals surface area contributed by atoms with Crippen molar-refractivity contribution in [3.8, 4) is 5.75 Å². The zero-order chi connectivity index (χ0) is 10.8. The first-order chi connectivity index (χ1) is 7.24. The molecule has 0 saturated carbocycles. The summed E-state index contributed by atoms with van der Waals surface area (Å²) in [6.07, 6.45) is 0. The molecule has 2 heterocycles. The van der Waals surface area contributed by atoms with Crippen LogP contribution in [0.5, 0.6) is 5.75 Å². The predicted molar refractivity (Wildman–Crippen MR) is 63.4 cm³/mol. The van der Waals surface area contributed by atoms with Crippen LogP contribution in [0.4, 0.5) is 0 Å². The normalized spacial score (nSPS) is 10.3. The molecule has 0 unspecified atom stereocenters. The van der Waals surface area contributed by atoms with Crippen LogP contribution >= 0.6 is 22.7 Å². The highest BCUT2D eigenvalue weighted by Crippen LogP contribution is 2.29. The highest BCUT2D eigenvalue weighted by atomic mass is 32.1. The summed E-state index contributed by atoms with van der Waals surface area (Å²) in [7, 11) is 1.58. The largest absolute Gasteiger partial charge is 0.495 e. The lowest BCUT2D eigenvalue weighted by Gasteiger charge is -2.00. The molecule has 0 amide bonds. The van der Waals surface area contributed by atoms with Crippen molar-refractivity contribution >= 4 is 28.5 Å². The van der Waals surface area contributed by atoms with E-state index in [0.717, 1.165) is 10.4 Å². The van der Waals surface area contributed by atoms with Gasteiger partial charge in [0.2, 0.25) is 5.78 Å². The number of rotatable bonds is 3. The van der Waals surface area contributed by atoms with E-state index in [0.29, 0.717) is 10.6 Å². The molecule has 0 aliphatic carbocycles. The first-order valence-corrected chi connectivity index (χ1v) is 6.20. The third kappa shape index (κ3) is 1.82. The molecule has 0 atom stereocenters. The van der Waals surface area contributed by atoms with Crippen molar-refractivity contribution < 1.29 is 9.53 Å². The number of methoxy groups -OCH3 is 1. The molecule has 0 bridgehead atoms. The van der Waals surface area contributed by atoms with Crippen LogP contribution in [0, 0.1) is 6.92 Å². The van der Waals surface area contributed by atoms with Crippen LogP contribution in [0.1, 0.15) is 20.1 Å². The van der Waals surface area contributed by atoms with Gasteiger partial charge in [-0.05, 0) is 29.8 Å². The van der Waals surface area contributed by atoms with Crippen LogP contribution in [0.15, 0.2) is 22.9 Å². The lowest BCUT2D eigenvalue weighted by atomic mass is 10.1. The van der Waals surface area contributed by atoms with Crippen LogP contribution in [0.2, 0.25) is 0 Å². The summed E-state index contributed by atoms with van der Waals surface area (Å²) in [6, 6.07) is 3.68. The minimum absolute atomic E-state index is 0.0561. The summed E-state index contributed by atoms with van der Waals surface area (Å²) in [4.78, 5) is 13.8. The fourth-order valence-corrected chi connectivity index (χ4v) is 2.87. The molecule has 2 nitrogen and oxygen atoms in total. The van der Waals surface area contributed by atoms with Gasteiger partial charge >= 0.3 is 0 Å². The zero-order valence-electron chi connectivity index (χ0n) is 8.44. The van der Waals surface area contributed by atoms with Crippen molar-refractivity contribution in [1.29, 1.82) is 0 Å². The van der Waals surface area contributed by atoms with Gasteiger partial charge in [-0.15, -0.1) is 22.7 Å². The van der Waals surface area contributed by atoms with Gasteiger partial charge in [-0.1, -0.05) is 0 Å². The SMILES string of the molecule is COc1ccsc1C(=O)c1ccsc1C. The fourth-order valence-electron chi connectivity index (χ4n) is 1.37. The molecule has 0 aliphatic heterocycles. The Morgan fingerprint density at radius 2 is 2.00 bits per heavy atom. The van der Waals surface area contributed by atoms with E-state index >= 15 is 0 Å². The third-order valence-corrected chi connectivity index (χ3v) is 3.90. The molecule has 0 saturated heterocycles. The number of hydrogen-bond acceptors (Lipinski definition) is 4. The first-order valence-electron chi connectivity index (χ1n) is 4.44. The number of thiophene rings is 2. The monoisotopic (exact) mass is 238 g/mol. The van der Waals surface area contributed by atoms with Crippen molar-refractivity contribution in [3.05, 3.63) is 38.2 Å². The van der Waals surface area contributed by atoms with E-state index in [1.807, 2.05) is 29.8 Å². The van der Waals surface area contributed by atoms with E-state index in [-0.39, 0.29) is 5.78 Å². The highest BCUT2D eigenvalue weighted by molar-refractivity contribution is 7.13. The lowest BCUT2D eigenvalue weighted by Crippen LogP contribution is -2.00. The predicted octanol–water partition coefficient (Wildman–Crippen LogP) is 3.36. The van der Waals surface area contributed by atoms with Crippen LogP contribution in [-0.2, 0) is 0 Å². The van der Waals surface area contributed by atoms with Crippen molar-refractivity contribution in [2.75, 3.05) is 7.11 Å². The van der Waals surface area contributed by atoms with Gasteiger partial charge in [0, 0.05) is 10.4 Å². The Labute approximate surface area is 96.1 Å². The van der Waals surface area contributed by atoms with Crippen molar-refractivity contribution in [2.45, 2.75) is 6.92 Å². The van der Waals surface area contributed by atoms with Gasteiger partial charge < -0.3 is 4.74 Å². The number of carbonyl (C=O) groups excluding carboxylic acids is 1. The molecule has 2 rings (SSSR count). The van der Waals surface area contributed by atoms with E-state index in [9.17, 15) is 4.79 Å². The summed E-state index contributed by atoms with van der Waals surface area (Å²) in [6.45, 7) is 1.96. The minimum Gasteiger partial charge on any atom is -0.495 e. The van der Waals surface area contributed by atoms with Crippen molar-refractivity contribution in [1.82, 2.24) is 0 Å². The van der Waals surface area contributed by atoms with E-state index in [1.165, 1.54) is 11.3 Å². The van der Waals surface area contributed by atoms with Crippen LogP contribution in [0.3, 0.4) is 0 Å². The Morgan fingerprint density at radius 1 is 1.27 bits per heavy atom. The molecule has 0 aliphatic rings. The summed E-state index contributed by atoms with van der Waals surface area (Å²) in [5.74, 6) is 0.719. The van der Waals surface area contributed by atoms with Crippen molar-refractivity contribution in [3.63, 3.8) is 0 Å². The van der Waals surface area contributed by atoms with Gasteiger partial charge in [0.15, 0.2) is 0 Å². The molecule has 0 spiro atoms. The topological polar surface area (TPSA) is 26.3 Å². The molecule has 0 aromatic carbocycles. The number of ether oxygens (including phenoxy) is 1. The van der Waals surface area contributed by atoms with Gasteiger partial charge in [0.05, 0.1) is 7.11 Å². The maximum Gasteiger partial charge on any atom is 0.207 e. The Bertz CT molecular complexity index is 482. The second kappa shape index (κ2) is 4.16. The van der Waals surface area contributed by atoms with Crippen LogP contribution < -0.4 is 4.74 Å². The standard InChI is InChI=1S/C11H10O2S2/c1-7-8(3-5-14-7)10(12)11-9(13-2)4-6-15-11/h3-6H,1-2H3.